The first kappa shape index (κ1) is 20.0. The number of nitrogens with one attached hydrogen (secondary N) is 2. The molecule has 0 unspecified atom stereocenters. The van der Waals surface area contributed by atoms with Crippen LogP contribution in [0.25, 0.3) is 5.69 Å². The minimum Gasteiger partial charge on any atom is -0.381 e. The van der Waals surface area contributed by atoms with Crippen molar-refractivity contribution >= 4 is 5.96 Å². The highest BCUT2D eigenvalue weighted by Crippen LogP contribution is 2.14. The molecular formula is C20H31N5O. The maximum atomic E-state index is 5.61. The van der Waals surface area contributed by atoms with Crippen molar-refractivity contribution < 1.29 is 4.74 Å². The van der Waals surface area contributed by atoms with Crippen LogP contribution < -0.4 is 10.6 Å². The van der Waals surface area contributed by atoms with Gasteiger partial charge in [0.2, 0.25) is 0 Å². The Balaban J connectivity index is 1.89. The van der Waals surface area contributed by atoms with Crippen molar-refractivity contribution in [1.82, 2.24) is 20.2 Å². The average molecular weight is 358 g/mol. The van der Waals surface area contributed by atoms with Crippen molar-refractivity contribution in [3.8, 4) is 5.69 Å². The van der Waals surface area contributed by atoms with E-state index in [0.29, 0.717) is 12.5 Å². The molecule has 0 amide bonds. The Morgan fingerprint density at radius 3 is 2.85 bits per heavy atom. The monoisotopic (exact) mass is 357 g/mol. The Bertz CT molecular complexity index is 652. The van der Waals surface area contributed by atoms with E-state index in [-0.39, 0.29) is 0 Å². The molecule has 0 atom stereocenters. The number of nitrogens with zero attached hydrogens (tertiary/aromatic N) is 3. The Morgan fingerprint density at radius 1 is 1.27 bits per heavy atom. The van der Waals surface area contributed by atoms with E-state index in [1.165, 1.54) is 0 Å². The molecule has 0 aliphatic rings. The lowest BCUT2D eigenvalue weighted by Gasteiger charge is -2.13. The molecule has 0 aliphatic heterocycles. The summed E-state index contributed by atoms with van der Waals surface area (Å²) in [5.41, 5.74) is 2.26. The van der Waals surface area contributed by atoms with Crippen molar-refractivity contribution in [1.29, 1.82) is 0 Å². The predicted molar refractivity (Wildman–Crippen MR) is 107 cm³/mol. The third kappa shape index (κ3) is 6.88. The Kier molecular flexibility index (Phi) is 8.69. The molecule has 6 nitrogen and oxygen atoms in total. The largest absolute Gasteiger partial charge is 0.381 e. The van der Waals surface area contributed by atoms with E-state index in [9.17, 15) is 0 Å². The van der Waals surface area contributed by atoms with E-state index in [2.05, 4.69) is 48.5 Å². The van der Waals surface area contributed by atoms with Crippen LogP contribution in [0, 0.1) is 5.92 Å². The summed E-state index contributed by atoms with van der Waals surface area (Å²) >= 11 is 0. The topological polar surface area (TPSA) is 63.5 Å². The first-order valence-corrected chi connectivity index (χ1v) is 9.36. The van der Waals surface area contributed by atoms with E-state index < -0.39 is 0 Å². The normalized spacial score (nSPS) is 11.8. The highest BCUT2D eigenvalue weighted by molar-refractivity contribution is 5.79. The van der Waals surface area contributed by atoms with Gasteiger partial charge >= 0.3 is 0 Å². The number of benzene rings is 1. The summed E-state index contributed by atoms with van der Waals surface area (Å²) in [6.07, 6.45) is 6.50. The van der Waals surface area contributed by atoms with Gasteiger partial charge in [-0.1, -0.05) is 32.0 Å². The fraction of sp³-hybridized carbons (Fsp3) is 0.500. The van der Waals surface area contributed by atoms with Gasteiger partial charge < -0.3 is 19.9 Å². The van der Waals surface area contributed by atoms with Gasteiger partial charge in [-0.15, -0.1) is 0 Å². The van der Waals surface area contributed by atoms with Gasteiger partial charge in [-0.25, -0.2) is 9.98 Å². The number of ether oxygens (including phenoxy) is 1. The summed E-state index contributed by atoms with van der Waals surface area (Å²) in [6, 6.07) is 8.25. The zero-order chi connectivity index (χ0) is 18.6. The van der Waals surface area contributed by atoms with E-state index in [1.807, 2.05) is 29.2 Å². The van der Waals surface area contributed by atoms with Crippen LogP contribution in [0.5, 0.6) is 0 Å². The second-order valence-electron chi connectivity index (χ2n) is 6.54. The Morgan fingerprint density at radius 2 is 2.12 bits per heavy atom. The fourth-order valence-corrected chi connectivity index (χ4v) is 2.50. The summed E-state index contributed by atoms with van der Waals surface area (Å²) in [5, 5.41) is 6.67. The number of hydrogen-bond acceptors (Lipinski definition) is 3. The standard InChI is InChI=1S/C20H31N5O/c1-4-22-20(23-10-7-13-26-15-17(2)3)24-14-18-8-5-6-9-19(18)25-12-11-21-16-25/h5-6,8-9,11-12,16-17H,4,7,10,13-15H2,1-3H3,(H2,22,23,24). The van der Waals surface area contributed by atoms with Crippen LogP contribution in [0.4, 0.5) is 0 Å². The van der Waals surface area contributed by atoms with Crippen LogP contribution in [-0.4, -0.2) is 41.8 Å². The third-order valence-corrected chi connectivity index (χ3v) is 3.74. The maximum absolute atomic E-state index is 5.61. The van der Waals surface area contributed by atoms with Crippen LogP contribution in [0.1, 0.15) is 32.8 Å². The molecule has 0 bridgehead atoms. The van der Waals surface area contributed by atoms with Gasteiger partial charge in [-0.05, 0) is 30.9 Å². The highest BCUT2D eigenvalue weighted by atomic mass is 16.5. The SMILES string of the molecule is CCNC(=NCc1ccccc1-n1ccnc1)NCCCOCC(C)C. The number of aliphatic imine (C=N–C) groups is 1. The van der Waals surface area contributed by atoms with Crippen LogP contribution in [0.15, 0.2) is 48.0 Å². The van der Waals surface area contributed by atoms with Crippen molar-refractivity contribution in [2.75, 3.05) is 26.3 Å². The average Bonchev–Trinajstić information content (AvgIpc) is 3.17. The van der Waals surface area contributed by atoms with Crippen molar-refractivity contribution in [2.45, 2.75) is 33.7 Å². The molecule has 0 saturated heterocycles. The molecule has 0 fully saturated rings. The van der Waals surface area contributed by atoms with Gasteiger partial charge in [0.05, 0.1) is 18.6 Å². The van der Waals surface area contributed by atoms with Crippen LogP contribution in [-0.2, 0) is 11.3 Å². The number of imidazole rings is 1. The summed E-state index contributed by atoms with van der Waals surface area (Å²) in [7, 11) is 0. The van der Waals surface area contributed by atoms with E-state index in [1.54, 1.807) is 6.20 Å². The number of guanidine groups is 1. The third-order valence-electron chi connectivity index (χ3n) is 3.74. The predicted octanol–water partition coefficient (Wildman–Crippen LogP) is 2.99. The molecule has 0 radical (unpaired) electrons. The maximum Gasteiger partial charge on any atom is 0.191 e. The molecular weight excluding hydrogens is 326 g/mol. The summed E-state index contributed by atoms with van der Waals surface area (Å²) < 4.78 is 7.63. The van der Waals surface area contributed by atoms with Crippen LogP contribution in [0.2, 0.25) is 0 Å². The quantitative estimate of drug-likeness (QED) is 0.390. The molecule has 1 heterocycles. The van der Waals surface area contributed by atoms with Gasteiger partial charge in [0.1, 0.15) is 0 Å². The lowest BCUT2D eigenvalue weighted by Crippen LogP contribution is -2.38. The molecule has 0 saturated carbocycles. The Labute approximate surface area is 156 Å². The highest BCUT2D eigenvalue weighted by Gasteiger charge is 2.04. The first-order chi connectivity index (χ1) is 12.7. The van der Waals surface area contributed by atoms with Crippen molar-refractivity contribution in [2.24, 2.45) is 10.9 Å². The minimum atomic E-state index is 0.581. The van der Waals surface area contributed by atoms with E-state index in [4.69, 9.17) is 9.73 Å². The first-order valence-electron chi connectivity index (χ1n) is 9.36. The number of rotatable bonds is 10. The molecule has 6 heteroatoms. The van der Waals surface area contributed by atoms with E-state index in [0.717, 1.165) is 49.9 Å². The molecule has 0 aliphatic carbocycles. The number of hydrogen-bond donors (Lipinski definition) is 2. The van der Waals surface area contributed by atoms with Crippen LogP contribution in [0.3, 0.4) is 0 Å². The summed E-state index contributed by atoms with van der Waals surface area (Å²) in [5.74, 6) is 1.41. The number of para-hydroxylation sites is 1. The molecule has 2 rings (SSSR count). The minimum absolute atomic E-state index is 0.581. The lowest BCUT2D eigenvalue weighted by molar-refractivity contribution is 0.108. The molecule has 1 aromatic carbocycles. The molecule has 2 aromatic rings. The lowest BCUT2D eigenvalue weighted by atomic mass is 10.2. The second kappa shape index (κ2) is 11.3. The fourth-order valence-electron chi connectivity index (χ4n) is 2.50. The van der Waals surface area contributed by atoms with Gasteiger partial charge in [0, 0.05) is 38.7 Å². The summed E-state index contributed by atoms with van der Waals surface area (Å²) in [4.78, 5) is 8.85. The van der Waals surface area contributed by atoms with Gasteiger partial charge in [-0.3, -0.25) is 0 Å². The van der Waals surface area contributed by atoms with Gasteiger partial charge in [0.25, 0.3) is 0 Å². The van der Waals surface area contributed by atoms with Gasteiger partial charge in [-0.2, -0.15) is 0 Å². The molecule has 142 valence electrons. The number of aromatic nitrogens is 2. The zero-order valence-electron chi connectivity index (χ0n) is 16.1. The zero-order valence-corrected chi connectivity index (χ0v) is 16.1. The molecule has 2 N–H and O–H groups in total. The second-order valence-corrected chi connectivity index (χ2v) is 6.54. The van der Waals surface area contributed by atoms with Crippen molar-refractivity contribution in [3.05, 3.63) is 48.5 Å². The molecule has 0 spiro atoms. The molecule has 1 aromatic heterocycles. The smallest absolute Gasteiger partial charge is 0.191 e. The van der Waals surface area contributed by atoms with Gasteiger partial charge in [0.15, 0.2) is 5.96 Å². The van der Waals surface area contributed by atoms with Crippen LogP contribution >= 0.6 is 0 Å². The molecule has 26 heavy (non-hydrogen) atoms. The summed E-state index contributed by atoms with van der Waals surface area (Å²) in [6.45, 7) is 10.3. The Hall–Kier alpha value is -2.34. The van der Waals surface area contributed by atoms with Crippen molar-refractivity contribution in [3.63, 3.8) is 0 Å². The van der Waals surface area contributed by atoms with E-state index >= 15 is 0 Å².